The fourth-order valence-electron chi connectivity index (χ4n) is 2.48. The molecule has 0 fully saturated rings. The van der Waals surface area contributed by atoms with Gasteiger partial charge in [-0.1, -0.05) is 47.5 Å². The minimum atomic E-state index is 0.0491. The number of nitrogens with zero attached hydrogens (tertiary/aromatic N) is 2. The summed E-state index contributed by atoms with van der Waals surface area (Å²) in [4.78, 5) is 4.40. The molecule has 2 aromatic carbocycles. The number of aromatic nitrogens is 2. The summed E-state index contributed by atoms with van der Waals surface area (Å²) in [6, 6.07) is 12.9. The van der Waals surface area contributed by atoms with Crippen LogP contribution in [-0.2, 0) is 6.54 Å². The molecule has 0 aliphatic heterocycles. The van der Waals surface area contributed by atoms with Crippen molar-refractivity contribution < 1.29 is 0 Å². The summed E-state index contributed by atoms with van der Waals surface area (Å²) < 4.78 is 1.98. The molecule has 0 radical (unpaired) electrons. The predicted octanol–water partition coefficient (Wildman–Crippen LogP) is 4.19. The van der Waals surface area contributed by atoms with Crippen LogP contribution in [0.1, 0.15) is 11.1 Å². The predicted molar refractivity (Wildman–Crippen MR) is 94.2 cm³/mol. The van der Waals surface area contributed by atoms with Gasteiger partial charge in [0.15, 0.2) is 0 Å². The molecule has 0 saturated carbocycles. The van der Waals surface area contributed by atoms with Gasteiger partial charge in [0, 0.05) is 40.1 Å². The highest BCUT2D eigenvalue weighted by molar-refractivity contribution is 6.35. The molecule has 116 valence electrons. The van der Waals surface area contributed by atoms with E-state index >= 15 is 0 Å². The van der Waals surface area contributed by atoms with Gasteiger partial charge >= 0.3 is 0 Å². The molecular formula is C17H14Cl2N4. The van der Waals surface area contributed by atoms with Crippen LogP contribution >= 0.6 is 23.2 Å². The van der Waals surface area contributed by atoms with Crippen LogP contribution in [0.15, 0.2) is 54.9 Å². The van der Waals surface area contributed by atoms with Crippen molar-refractivity contribution in [3.8, 4) is 11.4 Å². The number of halogens is 2. The summed E-state index contributed by atoms with van der Waals surface area (Å²) >= 11 is 12.2. The third-order valence-electron chi connectivity index (χ3n) is 3.48. The Labute approximate surface area is 144 Å². The van der Waals surface area contributed by atoms with Crippen LogP contribution in [0.25, 0.3) is 11.4 Å². The van der Waals surface area contributed by atoms with Gasteiger partial charge in [0.1, 0.15) is 11.7 Å². The van der Waals surface area contributed by atoms with E-state index in [-0.39, 0.29) is 5.84 Å². The van der Waals surface area contributed by atoms with Crippen molar-refractivity contribution in [2.24, 2.45) is 5.73 Å². The molecular weight excluding hydrogens is 331 g/mol. The zero-order valence-electron chi connectivity index (χ0n) is 12.1. The van der Waals surface area contributed by atoms with Gasteiger partial charge in [0.05, 0.1) is 0 Å². The Kier molecular flexibility index (Phi) is 4.37. The number of hydrogen-bond donors (Lipinski definition) is 2. The molecule has 23 heavy (non-hydrogen) atoms. The number of benzene rings is 2. The Balaban J connectivity index is 2.01. The van der Waals surface area contributed by atoms with Crippen molar-refractivity contribution in [1.82, 2.24) is 9.55 Å². The fourth-order valence-corrected chi connectivity index (χ4v) is 3.01. The second-order valence-electron chi connectivity index (χ2n) is 5.11. The van der Waals surface area contributed by atoms with Gasteiger partial charge in [0.25, 0.3) is 0 Å². The number of imidazole rings is 1. The van der Waals surface area contributed by atoms with Crippen LogP contribution in [0.2, 0.25) is 10.0 Å². The van der Waals surface area contributed by atoms with Gasteiger partial charge in [-0.2, -0.15) is 0 Å². The highest BCUT2D eigenvalue weighted by Crippen LogP contribution is 2.27. The van der Waals surface area contributed by atoms with E-state index in [2.05, 4.69) is 4.98 Å². The fraction of sp³-hybridized carbons (Fsp3) is 0.0588. The van der Waals surface area contributed by atoms with E-state index in [1.54, 1.807) is 12.3 Å². The normalized spacial score (nSPS) is 10.7. The number of nitrogens with one attached hydrogen (secondary N) is 1. The molecule has 6 heteroatoms. The number of nitrogens with two attached hydrogens (primary N) is 1. The lowest BCUT2D eigenvalue weighted by atomic mass is 10.1. The molecule has 3 N–H and O–H groups in total. The Morgan fingerprint density at radius 2 is 1.83 bits per heavy atom. The molecule has 0 bridgehead atoms. The lowest BCUT2D eigenvalue weighted by Crippen LogP contribution is -2.15. The highest BCUT2D eigenvalue weighted by Gasteiger charge is 2.11. The maximum absolute atomic E-state index is 7.70. The third kappa shape index (κ3) is 3.38. The van der Waals surface area contributed by atoms with E-state index in [9.17, 15) is 0 Å². The van der Waals surface area contributed by atoms with Crippen LogP contribution < -0.4 is 5.73 Å². The Bertz CT molecular complexity index is 850. The van der Waals surface area contributed by atoms with Crippen molar-refractivity contribution in [2.75, 3.05) is 0 Å². The molecule has 0 aliphatic carbocycles. The zero-order valence-corrected chi connectivity index (χ0v) is 13.6. The van der Waals surface area contributed by atoms with Crippen molar-refractivity contribution in [2.45, 2.75) is 6.54 Å². The summed E-state index contributed by atoms with van der Waals surface area (Å²) in [6.45, 7) is 0.551. The molecule has 0 aliphatic rings. The topological polar surface area (TPSA) is 67.7 Å². The molecule has 1 aromatic heterocycles. The summed E-state index contributed by atoms with van der Waals surface area (Å²) in [5.74, 6) is 0.806. The van der Waals surface area contributed by atoms with E-state index in [4.69, 9.17) is 34.3 Å². The first-order valence-corrected chi connectivity index (χ1v) is 7.70. The smallest absolute Gasteiger partial charge is 0.140 e. The van der Waals surface area contributed by atoms with Crippen LogP contribution in [0.4, 0.5) is 0 Å². The molecule has 0 amide bonds. The number of hydrogen-bond acceptors (Lipinski definition) is 2. The van der Waals surface area contributed by atoms with Crippen LogP contribution in [0, 0.1) is 5.41 Å². The minimum absolute atomic E-state index is 0.0491. The van der Waals surface area contributed by atoms with Crippen LogP contribution in [0.3, 0.4) is 0 Å². The molecule has 0 atom stereocenters. The van der Waals surface area contributed by atoms with Gasteiger partial charge < -0.3 is 10.3 Å². The lowest BCUT2D eigenvalue weighted by Gasteiger charge is -2.12. The van der Waals surface area contributed by atoms with E-state index in [0.29, 0.717) is 16.6 Å². The standard InChI is InChI=1S/C17H14Cl2N4/c18-13-7-12(8-14(19)9-13)17-22-5-6-23(17)10-11-3-1-2-4-15(11)16(20)21/h1-9H,10H2,(H3,20,21). The summed E-state index contributed by atoms with van der Waals surface area (Å²) in [7, 11) is 0. The zero-order chi connectivity index (χ0) is 16.4. The molecule has 1 heterocycles. The second kappa shape index (κ2) is 6.44. The Morgan fingerprint density at radius 1 is 1.13 bits per heavy atom. The van der Waals surface area contributed by atoms with Gasteiger partial charge in [-0.25, -0.2) is 4.98 Å². The summed E-state index contributed by atoms with van der Waals surface area (Å²) in [5.41, 5.74) is 8.17. The van der Waals surface area contributed by atoms with Gasteiger partial charge in [-0.3, -0.25) is 5.41 Å². The van der Waals surface area contributed by atoms with E-state index in [1.807, 2.05) is 47.2 Å². The van der Waals surface area contributed by atoms with Crippen LogP contribution in [-0.4, -0.2) is 15.4 Å². The van der Waals surface area contributed by atoms with E-state index in [1.165, 1.54) is 0 Å². The Morgan fingerprint density at radius 3 is 2.52 bits per heavy atom. The summed E-state index contributed by atoms with van der Waals surface area (Å²) in [6.07, 6.45) is 3.60. The SMILES string of the molecule is N=C(N)c1ccccc1Cn1ccnc1-c1cc(Cl)cc(Cl)c1. The first-order valence-electron chi connectivity index (χ1n) is 6.94. The molecule has 0 unspecified atom stereocenters. The van der Waals surface area contributed by atoms with Gasteiger partial charge in [-0.05, 0) is 23.8 Å². The van der Waals surface area contributed by atoms with Crippen molar-refractivity contribution in [1.29, 1.82) is 5.41 Å². The summed E-state index contributed by atoms with van der Waals surface area (Å²) in [5, 5.41) is 8.82. The maximum Gasteiger partial charge on any atom is 0.140 e. The lowest BCUT2D eigenvalue weighted by molar-refractivity contribution is 0.805. The molecule has 3 aromatic rings. The van der Waals surface area contributed by atoms with Crippen molar-refractivity contribution in [3.63, 3.8) is 0 Å². The Hall–Kier alpha value is -2.30. The molecule has 0 saturated heterocycles. The van der Waals surface area contributed by atoms with E-state index < -0.39 is 0 Å². The van der Waals surface area contributed by atoms with E-state index in [0.717, 1.165) is 22.5 Å². The largest absolute Gasteiger partial charge is 0.384 e. The highest BCUT2D eigenvalue weighted by atomic mass is 35.5. The monoisotopic (exact) mass is 344 g/mol. The number of amidine groups is 1. The van der Waals surface area contributed by atoms with Crippen LogP contribution in [0.5, 0.6) is 0 Å². The first kappa shape index (κ1) is 15.6. The average molecular weight is 345 g/mol. The van der Waals surface area contributed by atoms with Crippen molar-refractivity contribution >= 4 is 29.0 Å². The maximum atomic E-state index is 7.70. The second-order valence-corrected chi connectivity index (χ2v) is 5.98. The van der Waals surface area contributed by atoms with Gasteiger partial charge in [0.2, 0.25) is 0 Å². The van der Waals surface area contributed by atoms with Gasteiger partial charge in [-0.15, -0.1) is 0 Å². The average Bonchev–Trinajstić information content (AvgIpc) is 2.95. The number of rotatable bonds is 4. The molecule has 3 rings (SSSR count). The quantitative estimate of drug-likeness (QED) is 0.550. The first-order chi connectivity index (χ1) is 11.0. The third-order valence-corrected chi connectivity index (χ3v) is 3.92. The molecule has 0 spiro atoms. The molecule has 4 nitrogen and oxygen atoms in total. The van der Waals surface area contributed by atoms with Crippen molar-refractivity contribution in [3.05, 3.63) is 76.0 Å². The minimum Gasteiger partial charge on any atom is -0.384 e. The number of nitrogen functional groups attached to an aromatic ring is 1.